The van der Waals surface area contributed by atoms with Crippen LogP contribution in [0.1, 0.15) is 51.2 Å². The summed E-state index contributed by atoms with van der Waals surface area (Å²) >= 11 is 0. The van der Waals surface area contributed by atoms with E-state index in [1.807, 2.05) is 31.2 Å². The maximum absolute atomic E-state index is 13.0. The third-order valence-corrected chi connectivity index (χ3v) is 6.59. The van der Waals surface area contributed by atoms with Crippen molar-refractivity contribution in [3.8, 4) is 0 Å². The average Bonchev–Trinajstić information content (AvgIpc) is 2.66. The van der Waals surface area contributed by atoms with Crippen LogP contribution in [-0.2, 0) is 16.0 Å². The van der Waals surface area contributed by atoms with Crippen LogP contribution in [0.2, 0.25) is 0 Å². The quantitative estimate of drug-likeness (QED) is 0.655. The molecule has 0 bridgehead atoms. The molecular weight excluding hydrogens is 447 g/mol. The highest BCUT2D eigenvalue weighted by atomic mass is 19.4. The van der Waals surface area contributed by atoms with Crippen molar-refractivity contribution in [2.45, 2.75) is 77.2 Å². The van der Waals surface area contributed by atoms with E-state index in [0.717, 1.165) is 11.1 Å². The Bertz CT molecular complexity index is 855. The van der Waals surface area contributed by atoms with E-state index in [2.05, 4.69) is 10.2 Å². The first-order valence-corrected chi connectivity index (χ1v) is 11.9. The molecule has 2 fully saturated rings. The van der Waals surface area contributed by atoms with Crippen molar-refractivity contribution in [3.05, 3.63) is 35.4 Å². The van der Waals surface area contributed by atoms with Crippen LogP contribution in [0.15, 0.2) is 24.3 Å². The number of carbonyl (C=O) groups is 2. The molecule has 2 amide bonds. The lowest BCUT2D eigenvalue weighted by molar-refractivity contribution is -0.187. The third-order valence-electron chi connectivity index (χ3n) is 6.59. The van der Waals surface area contributed by atoms with Crippen molar-refractivity contribution >= 4 is 12.0 Å². The number of likely N-dealkylation sites (tertiary alicyclic amines) is 2. The SMILES string of the molecule is Cc1ccccc1C[C@H](CC(=O)N1CC(N2CCC(C(F)(F)F)CC2)C1)NC(=O)OC(C)(C)C. The number of piperidine rings is 1. The fourth-order valence-electron chi connectivity index (χ4n) is 4.57. The molecule has 0 aliphatic carbocycles. The highest BCUT2D eigenvalue weighted by Crippen LogP contribution is 2.35. The normalized spacial score (nSPS) is 19.4. The molecule has 2 heterocycles. The molecule has 0 unspecified atom stereocenters. The smallest absolute Gasteiger partial charge is 0.407 e. The second-order valence-electron chi connectivity index (χ2n) is 10.5. The summed E-state index contributed by atoms with van der Waals surface area (Å²) in [6.45, 7) is 9.19. The number of nitrogens with one attached hydrogen (secondary N) is 1. The van der Waals surface area contributed by atoms with E-state index >= 15 is 0 Å². The zero-order chi connectivity index (χ0) is 25.1. The molecule has 3 rings (SSSR count). The molecule has 6 nitrogen and oxygen atoms in total. The number of aryl methyl sites for hydroxylation is 1. The first-order valence-electron chi connectivity index (χ1n) is 11.9. The van der Waals surface area contributed by atoms with Gasteiger partial charge < -0.3 is 15.0 Å². The first kappa shape index (κ1) is 26.3. The Morgan fingerprint density at radius 2 is 1.74 bits per heavy atom. The van der Waals surface area contributed by atoms with E-state index < -0.39 is 29.8 Å². The van der Waals surface area contributed by atoms with E-state index in [0.29, 0.717) is 32.6 Å². The van der Waals surface area contributed by atoms with Crippen LogP contribution in [0.25, 0.3) is 0 Å². The van der Waals surface area contributed by atoms with Gasteiger partial charge in [0.25, 0.3) is 0 Å². The number of hydrogen-bond acceptors (Lipinski definition) is 4. The number of ether oxygens (including phenoxy) is 1. The zero-order valence-electron chi connectivity index (χ0n) is 20.5. The van der Waals surface area contributed by atoms with Crippen LogP contribution in [-0.4, -0.2) is 71.8 Å². The second-order valence-corrected chi connectivity index (χ2v) is 10.5. The minimum absolute atomic E-state index is 0.0731. The Labute approximate surface area is 199 Å². The van der Waals surface area contributed by atoms with Gasteiger partial charge in [0.05, 0.1) is 5.92 Å². The zero-order valence-corrected chi connectivity index (χ0v) is 20.5. The van der Waals surface area contributed by atoms with E-state index in [9.17, 15) is 22.8 Å². The van der Waals surface area contributed by atoms with Gasteiger partial charge in [0, 0.05) is 31.6 Å². The Kier molecular flexibility index (Phi) is 8.16. The molecule has 0 aromatic heterocycles. The summed E-state index contributed by atoms with van der Waals surface area (Å²) in [4.78, 5) is 29.1. The van der Waals surface area contributed by atoms with Crippen LogP contribution >= 0.6 is 0 Å². The van der Waals surface area contributed by atoms with Crippen molar-refractivity contribution < 1.29 is 27.5 Å². The Morgan fingerprint density at radius 3 is 2.29 bits per heavy atom. The van der Waals surface area contributed by atoms with Crippen LogP contribution in [0, 0.1) is 12.8 Å². The predicted octanol–water partition coefficient (Wildman–Crippen LogP) is 4.31. The molecule has 0 radical (unpaired) electrons. The number of hydrogen-bond donors (Lipinski definition) is 1. The summed E-state index contributed by atoms with van der Waals surface area (Å²) in [5, 5.41) is 2.85. The molecule has 1 N–H and O–H groups in total. The summed E-state index contributed by atoms with van der Waals surface area (Å²) in [6.07, 6.45) is -3.82. The highest BCUT2D eigenvalue weighted by molar-refractivity contribution is 5.79. The Morgan fingerprint density at radius 1 is 1.12 bits per heavy atom. The van der Waals surface area contributed by atoms with Crippen LogP contribution < -0.4 is 5.32 Å². The Balaban J connectivity index is 1.54. The largest absolute Gasteiger partial charge is 0.444 e. The van der Waals surface area contributed by atoms with Crippen molar-refractivity contribution in [3.63, 3.8) is 0 Å². The van der Waals surface area contributed by atoms with Gasteiger partial charge in [-0.05, 0) is 71.2 Å². The van der Waals surface area contributed by atoms with Crippen LogP contribution in [0.4, 0.5) is 18.0 Å². The maximum atomic E-state index is 13.0. The van der Waals surface area contributed by atoms with Gasteiger partial charge in [0.1, 0.15) is 5.60 Å². The number of amides is 2. The van der Waals surface area contributed by atoms with Crippen molar-refractivity contribution in [2.24, 2.45) is 5.92 Å². The summed E-state index contributed by atoms with van der Waals surface area (Å²) in [5.74, 6) is -1.29. The summed E-state index contributed by atoms with van der Waals surface area (Å²) in [6, 6.07) is 7.52. The molecule has 2 aliphatic heterocycles. The van der Waals surface area contributed by atoms with Gasteiger partial charge in [-0.1, -0.05) is 24.3 Å². The van der Waals surface area contributed by atoms with E-state index in [1.165, 1.54) is 0 Å². The molecule has 1 aromatic rings. The minimum atomic E-state index is -4.12. The van der Waals surface area contributed by atoms with Gasteiger partial charge in [-0.2, -0.15) is 13.2 Å². The number of alkyl halides is 3. The van der Waals surface area contributed by atoms with Gasteiger partial charge in [0.2, 0.25) is 5.91 Å². The van der Waals surface area contributed by atoms with E-state index in [-0.39, 0.29) is 31.2 Å². The lowest BCUT2D eigenvalue weighted by atomic mass is 9.93. The summed E-state index contributed by atoms with van der Waals surface area (Å²) < 4.78 is 44.1. The van der Waals surface area contributed by atoms with Crippen LogP contribution in [0.5, 0.6) is 0 Å². The monoisotopic (exact) mass is 483 g/mol. The van der Waals surface area contributed by atoms with Crippen molar-refractivity contribution in [2.75, 3.05) is 26.2 Å². The maximum Gasteiger partial charge on any atom is 0.407 e. The second kappa shape index (κ2) is 10.5. The number of alkyl carbamates (subject to hydrolysis) is 1. The van der Waals surface area contributed by atoms with Gasteiger partial charge in [0.15, 0.2) is 0 Å². The lowest BCUT2D eigenvalue weighted by Crippen LogP contribution is -2.63. The minimum Gasteiger partial charge on any atom is -0.444 e. The number of nitrogens with zero attached hydrogens (tertiary/aromatic N) is 2. The van der Waals surface area contributed by atoms with Gasteiger partial charge in [-0.3, -0.25) is 9.69 Å². The molecule has 190 valence electrons. The fraction of sp³-hybridized carbons (Fsp3) is 0.680. The number of benzene rings is 1. The first-order chi connectivity index (χ1) is 15.8. The number of carbonyl (C=O) groups excluding carboxylic acids is 2. The van der Waals surface area contributed by atoms with E-state index in [1.54, 1.807) is 25.7 Å². The Hall–Kier alpha value is -2.29. The standard InChI is InChI=1S/C25H36F3N3O3/c1-17-7-5-6-8-18(17)13-20(29-23(33)34-24(2,3)4)14-22(32)31-15-21(16-31)30-11-9-19(10-12-30)25(26,27)28/h5-8,19-21H,9-16H2,1-4H3,(H,29,33)/t20-/m1/s1. The molecule has 9 heteroatoms. The number of halogens is 3. The molecule has 1 atom stereocenters. The third kappa shape index (κ3) is 7.35. The van der Waals surface area contributed by atoms with Crippen molar-refractivity contribution in [1.82, 2.24) is 15.1 Å². The summed E-state index contributed by atoms with van der Waals surface area (Å²) in [5.41, 5.74) is 1.48. The predicted molar refractivity (Wildman–Crippen MR) is 123 cm³/mol. The molecule has 0 saturated carbocycles. The summed E-state index contributed by atoms with van der Waals surface area (Å²) in [7, 11) is 0. The highest BCUT2D eigenvalue weighted by Gasteiger charge is 2.44. The molecule has 34 heavy (non-hydrogen) atoms. The molecule has 0 spiro atoms. The van der Waals surface area contributed by atoms with Gasteiger partial charge in [-0.15, -0.1) is 0 Å². The molecule has 1 aromatic carbocycles. The number of rotatable bonds is 6. The fourth-order valence-corrected chi connectivity index (χ4v) is 4.57. The van der Waals surface area contributed by atoms with Gasteiger partial charge >= 0.3 is 12.3 Å². The molecule has 2 aliphatic rings. The van der Waals surface area contributed by atoms with E-state index in [4.69, 9.17) is 4.74 Å². The molecule has 2 saturated heterocycles. The topological polar surface area (TPSA) is 61.9 Å². The lowest BCUT2D eigenvalue weighted by Gasteiger charge is -2.48. The molecular formula is C25H36F3N3O3. The van der Waals surface area contributed by atoms with Gasteiger partial charge in [-0.25, -0.2) is 4.79 Å². The van der Waals surface area contributed by atoms with Crippen LogP contribution in [0.3, 0.4) is 0 Å². The van der Waals surface area contributed by atoms with Crippen molar-refractivity contribution in [1.29, 1.82) is 0 Å². The average molecular weight is 484 g/mol.